The maximum Gasteiger partial charge on any atom is 0.303 e. The zero-order valence-corrected chi connectivity index (χ0v) is 12.4. The number of hydrogen-bond donors (Lipinski definition) is 3. The Morgan fingerprint density at radius 1 is 1.23 bits per heavy atom. The lowest BCUT2D eigenvalue weighted by Gasteiger charge is -2.08. The summed E-state index contributed by atoms with van der Waals surface area (Å²) in [6.07, 6.45) is 0.351. The van der Waals surface area contributed by atoms with Gasteiger partial charge in [-0.15, -0.1) is 0 Å². The minimum atomic E-state index is -0.928. The first kappa shape index (κ1) is 17.6. The zero-order valence-electron chi connectivity index (χ0n) is 12.4. The van der Waals surface area contributed by atoms with Crippen molar-refractivity contribution in [3.8, 4) is 0 Å². The van der Waals surface area contributed by atoms with Gasteiger partial charge in [-0.05, 0) is 24.6 Å². The highest BCUT2D eigenvalue weighted by Crippen LogP contribution is 2.11. The smallest absolute Gasteiger partial charge is 0.303 e. The minimum Gasteiger partial charge on any atom is -0.481 e. The van der Waals surface area contributed by atoms with Crippen molar-refractivity contribution in [2.24, 2.45) is 0 Å². The van der Waals surface area contributed by atoms with E-state index in [1.807, 2.05) is 0 Å². The molecule has 0 aliphatic heterocycles. The van der Waals surface area contributed by atoms with Crippen LogP contribution in [-0.2, 0) is 14.3 Å². The minimum absolute atomic E-state index is 0.0463. The van der Waals surface area contributed by atoms with Crippen molar-refractivity contribution in [2.75, 3.05) is 25.6 Å². The number of hydrogen-bond acceptors (Lipinski definition) is 4. The van der Waals surface area contributed by atoms with Crippen LogP contribution in [0.15, 0.2) is 24.3 Å². The largest absolute Gasteiger partial charge is 0.481 e. The van der Waals surface area contributed by atoms with E-state index in [-0.39, 0.29) is 31.1 Å². The third-order valence-electron chi connectivity index (χ3n) is 2.79. The highest BCUT2D eigenvalue weighted by molar-refractivity contribution is 5.97. The predicted molar refractivity (Wildman–Crippen MR) is 80.8 cm³/mol. The van der Waals surface area contributed by atoms with E-state index in [9.17, 15) is 14.4 Å². The SMILES string of the molecule is COCCNC(=O)c1cccc(NC(=O)CCCC(=O)O)c1. The van der Waals surface area contributed by atoms with Gasteiger partial charge in [0.25, 0.3) is 5.91 Å². The van der Waals surface area contributed by atoms with E-state index in [4.69, 9.17) is 9.84 Å². The maximum absolute atomic E-state index is 11.9. The second-order valence-corrected chi connectivity index (χ2v) is 4.62. The first-order chi connectivity index (χ1) is 10.5. The van der Waals surface area contributed by atoms with Crippen LogP contribution in [0.1, 0.15) is 29.6 Å². The molecule has 2 amide bonds. The summed E-state index contributed by atoms with van der Waals surface area (Å²) in [6, 6.07) is 6.54. The summed E-state index contributed by atoms with van der Waals surface area (Å²) in [4.78, 5) is 33.9. The Morgan fingerprint density at radius 2 is 2.00 bits per heavy atom. The van der Waals surface area contributed by atoms with Crippen LogP contribution < -0.4 is 10.6 Å². The number of ether oxygens (including phenoxy) is 1. The molecule has 22 heavy (non-hydrogen) atoms. The van der Waals surface area contributed by atoms with Gasteiger partial charge < -0.3 is 20.5 Å². The molecule has 7 nitrogen and oxygen atoms in total. The molecule has 0 atom stereocenters. The van der Waals surface area contributed by atoms with Gasteiger partial charge in [-0.25, -0.2) is 0 Å². The van der Waals surface area contributed by atoms with Crippen LogP contribution in [0.5, 0.6) is 0 Å². The van der Waals surface area contributed by atoms with Gasteiger partial charge in [-0.1, -0.05) is 6.07 Å². The molecule has 1 aromatic rings. The van der Waals surface area contributed by atoms with Gasteiger partial charge in [-0.3, -0.25) is 14.4 Å². The van der Waals surface area contributed by atoms with Gasteiger partial charge >= 0.3 is 5.97 Å². The van der Waals surface area contributed by atoms with Crippen LogP contribution in [0, 0.1) is 0 Å². The number of carbonyl (C=O) groups is 3. The van der Waals surface area contributed by atoms with Gasteiger partial charge in [0, 0.05) is 37.7 Å². The molecule has 1 rings (SSSR count). The molecule has 0 aliphatic rings. The van der Waals surface area contributed by atoms with Crippen LogP contribution in [0.2, 0.25) is 0 Å². The number of amides is 2. The zero-order chi connectivity index (χ0) is 16.4. The van der Waals surface area contributed by atoms with Crippen molar-refractivity contribution in [1.29, 1.82) is 0 Å². The number of rotatable bonds is 9. The molecule has 0 fully saturated rings. The molecule has 0 heterocycles. The standard InChI is InChI=1S/C15H20N2O5/c1-22-9-8-16-15(21)11-4-2-5-12(10-11)17-13(18)6-3-7-14(19)20/h2,4-5,10H,3,6-9H2,1H3,(H,16,21)(H,17,18)(H,19,20). The van der Waals surface area contributed by atoms with Gasteiger partial charge in [0.05, 0.1) is 6.61 Å². The van der Waals surface area contributed by atoms with E-state index in [2.05, 4.69) is 10.6 Å². The molecule has 0 bridgehead atoms. The number of aliphatic carboxylic acids is 1. The first-order valence-electron chi connectivity index (χ1n) is 6.91. The number of anilines is 1. The van der Waals surface area contributed by atoms with Crippen molar-refractivity contribution >= 4 is 23.5 Å². The van der Waals surface area contributed by atoms with Gasteiger partial charge in [0.1, 0.15) is 0 Å². The molecule has 0 saturated heterocycles. The predicted octanol–water partition coefficient (Wildman–Crippen LogP) is 1.26. The third kappa shape index (κ3) is 6.85. The van der Waals surface area contributed by atoms with Crippen molar-refractivity contribution in [3.63, 3.8) is 0 Å². The Hall–Kier alpha value is -2.41. The monoisotopic (exact) mass is 308 g/mol. The average molecular weight is 308 g/mol. The second kappa shape index (κ2) is 9.51. The molecule has 0 aliphatic carbocycles. The highest BCUT2D eigenvalue weighted by Gasteiger charge is 2.08. The molecular formula is C15H20N2O5. The van der Waals surface area contributed by atoms with Crippen LogP contribution >= 0.6 is 0 Å². The summed E-state index contributed by atoms with van der Waals surface area (Å²) in [5.74, 6) is -1.46. The molecule has 120 valence electrons. The Morgan fingerprint density at radius 3 is 2.68 bits per heavy atom. The number of carbonyl (C=O) groups excluding carboxylic acids is 2. The number of benzene rings is 1. The summed E-state index contributed by atoms with van der Waals surface area (Å²) < 4.78 is 4.85. The maximum atomic E-state index is 11.9. The highest BCUT2D eigenvalue weighted by atomic mass is 16.5. The fourth-order valence-corrected chi connectivity index (χ4v) is 1.73. The van der Waals surface area contributed by atoms with Gasteiger partial charge in [0.2, 0.25) is 5.91 Å². The number of methoxy groups -OCH3 is 1. The van der Waals surface area contributed by atoms with Gasteiger partial charge in [-0.2, -0.15) is 0 Å². The van der Waals surface area contributed by atoms with E-state index in [1.54, 1.807) is 31.4 Å². The van der Waals surface area contributed by atoms with Crippen LogP contribution in [0.3, 0.4) is 0 Å². The Bertz CT molecular complexity index is 530. The van der Waals surface area contributed by atoms with Crippen molar-refractivity contribution in [2.45, 2.75) is 19.3 Å². The van der Waals surface area contributed by atoms with E-state index < -0.39 is 5.97 Å². The van der Waals surface area contributed by atoms with Crippen molar-refractivity contribution < 1.29 is 24.2 Å². The average Bonchev–Trinajstić information content (AvgIpc) is 2.47. The molecule has 0 aromatic heterocycles. The lowest BCUT2D eigenvalue weighted by Crippen LogP contribution is -2.27. The summed E-state index contributed by atoms with van der Waals surface area (Å²) in [5, 5.41) is 13.8. The summed E-state index contributed by atoms with van der Waals surface area (Å²) >= 11 is 0. The summed E-state index contributed by atoms with van der Waals surface area (Å²) in [7, 11) is 1.55. The fraction of sp³-hybridized carbons (Fsp3) is 0.400. The number of nitrogens with one attached hydrogen (secondary N) is 2. The van der Waals surface area contributed by atoms with E-state index in [0.29, 0.717) is 24.4 Å². The second-order valence-electron chi connectivity index (χ2n) is 4.62. The lowest BCUT2D eigenvalue weighted by molar-refractivity contribution is -0.137. The van der Waals surface area contributed by atoms with Crippen LogP contribution in [-0.4, -0.2) is 43.2 Å². The van der Waals surface area contributed by atoms with E-state index in [0.717, 1.165) is 0 Å². The normalized spacial score (nSPS) is 10.0. The molecule has 0 saturated carbocycles. The van der Waals surface area contributed by atoms with Gasteiger partial charge in [0.15, 0.2) is 0 Å². The number of carboxylic acids is 1. The molecule has 1 aromatic carbocycles. The Labute approximate surface area is 128 Å². The van der Waals surface area contributed by atoms with Crippen molar-refractivity contribution in [3.05, 3.63) is 29.8 Å². The first-order valence-corrected chi connectivity index (χ1v) is 6.91. The fourth-order valence-electron chi connectivity index (χ4n) is 1.73. The van der Waals surface area contributed by atoms with E-state index >= 15 is 0 Å². The quantitative estimate of drug-likeness (QED) is 0.596. The number of carboxylic acid groups (broad SMARTS) is 1. The molecule has 0 unspecified atom stereocenters. The Kier molecular flexibility index (Phi) is 7.63. The third-order valence-corrected chi connectivity index (χ3v) is 2.79. The van der Waals surface area contributed by atoms with E-state index in [1.165, 1.54) is 0 Å². The lowest BCUT2D eigenvalue weighted by atomic mass is 10.1. The molecule has 7 heteroatoms. The molecule has 0 spiro atoms. The van der Waals surface area contributed by atoms with Crippen molar-refractivity contribution in [1.82, 2.24) is 5.32 Å². The molecular weight excluding hydrogens is 288 g/mol. The Balaban J connectivity index is 2.51. The summed E-state index contributed by atoms with van der Waals surface area (Å²) in [6.45, 7) is 0.826. The topological polar surface area (TPSA) is 105 Å². The summed E-state index contributed by atoms with van der Waals surface area (Å²) in [5.41, 5.74) is 0.930. The van der Waals surface area contributed by atoms with Crippen LogP contribution in [0.25, 0.3) is 0 Å². The van der Waals surface area contributed by atoms with Crippen LogP contribution in [0.4, 0.5) is 5.69 Å². The molecule has 3 N–H and O–H groups in total. The molecule has 0 radical (unpaired) electrons.